The molecular weight excluding hydrogens is 410 g/mol. The lowest BCUT2D eigenvalue weighted by molar-refractivity contribution is -0.115. The minimum atomic E-state index is -0.128. The van der Waals surface area contributed by atoms with E-state index in [9.17, 15) is 9.59 Å². The first-order valence-electron chi connectivity index (χ1n) is 13.4. The number of carbonyl (C=O) groups excluding carboxylic acids is 2. The third kappa shape index (κ3) is 16.4. The maximum absolute atomic E-state index is 12.1. The lowest BCUT2D eigenvalue weighted by Crippen LogP contribution is -2.30. The van der Waals surface area contributed by atoms with E-state index in [-0.39, 0.29) is 17.9 Å². The highest BCUT2D eigenvalue weighted by atomic mass is 16.2. The Morgan fingerprint density at radius 1 is 0.788 bits per heavy atom. The molecule has 0 bridgehead atoms. The first-order valence-corrected chi connectivity index (χ1v) is 13.4. The summed E-state index contributed by atoms with van der Waals surface area (Å²) < 4.78 is 0. The molecular formula is C28H49N3O2. The molecule has 0 saturated carbocycles. The first kappa shape index (κ1) is 29.2. The van der Waals surface area contributed by atoms with Crippen LogP contribution in [0.25, 0.3) is 0 Å². The number of hydrogen-bond acceptors (Lipinski definition) is 3. The number of nitrogens with one attached hydrogen (secondary N) is 3. The second-order valence-corrected chi connectivity index (χ2v) is 9.53. The summed E-state index contributed by atoms with van der Waals surface area (Å²) >= 11 is 0. The minimum absolute atomic E-state index is 0.0786. The zero-order valence-corrected chi connectivity index (χ0v) is 21.5. The Kier molecular flexibility index (Phi) is 17.3. The van der Waals surface area contributed by atoms with Crippen molar-refractivity contribution in [3.8, 4) is 0 Å². The third-order valence-electron chi connectivity index (χ3n) is 5.82. The molecule has 188 valence electrons. The van der Waals surface area contributed by atoms with Crippen LogP contribution in [0.2, 0.25) is 0 Å². The molecule has 0 radical (unpaired) electrons. The quantitative estimate of drug-likeness (QED) is 0.187. The van der Waals surface area contributed by atoms with Crippen molar-refractivity contribution in [2.75, 3.05) is 18.4 Å². The summed E-state index contributed by atoms with van der Waals surface area (Å²) in [6.07, 6.45) is 18.9. The van der Waals surface area contributed by atoms with E-state index in [1.165, 1.54) is 83.5 Å². The molecule has 33 heavy (non-hydrogen) atoms. The van der Waals surface area contributed by atoms with Gasteiger partial charge in [-0.25, -0.2) is 0 Å². The molecule has 3 N–H and O–H groups in total. The molecule has 0 saturated heterocycles. The number of amides is 2. The van der Waals surface area contributed by atoms with Gasteiger partial charge in [-0.2, -0.15) is 0 Å². The van der Waals surface area contributed by atoms with Gasteiger partial charge in [-0.15, -0.1) is 0 Å². The van der Waals surface area contributed by atoms with E-state index in [4.69, 9.17) is 0 Å². The summed E-state index contributed by atoms with van der Waals surface area (Å²) in [5, 5.41) is 8.94. The van der Waals surface area contributed by atoms with Crippen LogP contribution >= 0.6 is 0 Å². The molecule has 5 nitrogen and oxygen atoms in total. The van der Waals surface area contributed by atoms with E-state index in [0.717, 1.165) is 13.0 Å². The summed E-state index contributed by atoms with van der Waals surface area (Å²) in [4.78, 5) is 24.2. The van der Waals surface area contributed by atoms with Crippen molar-refractivity contribution in [3.05, 3.63) is 29.8 Å². The number of anilines is 1. The van der Waals surface area contributed by atoms with Crippen LogP contribution in [0, 0.1) is 0 Å². The van der Waals surface area contributed by atoms with E-state index < -0.39 is 0 Å². The highest BCUT2D eigenvalue weighted by Gasteiger charge is 2.08. The van der Waals surface area contributed by atoms with Gasteiger partial charge in [0.05, 0.1) is 6.54 Å². The van der Waals surface area contributed by atoms with E-state index in [1.54, 1.807) is 24.3 Å². The smallest absolute Gasteiger partial charge is 0.251 e. The maximum Gasteiger partial charge on any atom is 0.251 e. The summed E-state index contributed by atoms with van der Waals surface area (Å²) in [6.45, 7) is 7.28. The average Bonchev–Trinajstić information content (AvgIpc) is 2.78. The first-order chi connectivity index (χ1) is 16.0. The second-order valence-electron chi connectivity index (χ2n) is 9.53. The predicted molar refractivity (Wildman–Crippen MR) is 141 cm³/mol. The normalized spacial score (nSPS) is 11.0. The van der Waals surface area contributed by atoms with Crippen LogP contribution in [-0.2, 0) is 4.79 Å². The van der Waals surface area contributed by atoms with Gasteiger partial charge in [0, 0.05) is 17.3 Å². The molecule has 0 aliphatic carbocycles. The Morgan fingerprint density at radius 2 is 1.33 bits per heavy atom. The van der Waals surface area contributed by atoms with Crippen molar-refractivity contribution >= 4 is 17.5 Å². The van der Waals surface area contributed by atoms with Crippen molar-refractivity contribution in [2.45, 2.75) is 117 Å². The lowest BCUT2D eigenvalue weighted by atomic mass is 10.0. The van der Waals surface area contributed by atoms with Crippen LogP contribution in [0.5, 0.6) is 0 Å². The fourth-order valence-corrected chi connectivity index (χ4v) is 3.94. The molecule has 5 heteroatoms. The van der Waals surface area contributed by atoms with Gasteiger partial charge in [0.15, 0.2) is 0 Å². The molecule has 0 spiro atoms. The molecule has 1 aromatic rings. The lowest BCUT2D eigenvalue weighted by Gasteiger charge is -2.10. The van der Waals surface area contributed by atoms with Gasteiger partial charge in [0.25, 0.3) is 5.91 Å². The zero-order valence-electron chi connectivity index (χ0n) is 21.5. The van der Waals surface area contributed by atoms with Gasteiger partial charge < -0.3 is 16.0 Å². The molecule has 0 fully saturated rings. The number of carbonyl (C=O) groups is 2. The summed E-state index contributed by atoms with van der Waals surface area (Å²) in [7, 11) is 0. The van der Waals surface area contributed by atoms with Gasteiger partial charge in [0.2, 0.25) is 5.91 Å². The van der Waals surface area contributed by atoms with E-state index in [2.05, 4.69) is 22.9 Å². The Bertz CT molecular complexity index is 646. The summed E-state index contributed by atoms with van der Waals surface area (Å²) in [5.74, 6) is -0.209. The largest absolute Gasteiger partial charge is 0.350 e. The minimum Gasteiger partial charge on any atom is -0.350 e. The standard InChI is InChI=1S/C28H49N3O2/c1-4-5-6-7-8-9-10-11-12-13-14-15-16-17-21-29-23-27(32)31-26-20-18-19-25(22-26)28(33)30-24(2)3/h18-20,22,24,29H,4-17,21,23H2,1-3H3,(H,30,33)(H,31,32). The average molecular weight is 460 g/mol. The molecule has 0 aliphatic rings. The Balaban J connectivity index is 1.97. The monoisotopic (exact) mass is 459 g/mol. The molecule has 2 amide bonds. The Morgan fingerprint density at radius 3 is 1.88 bits per heavy atom. The van der Waals surface area contributed by atoms with Crippen molar-refractivity contribution in [3.63, 3.8) is 0 Å². The van der Waals surface area contributed by atoms with Crippen LogP contribution in [-0.4, -0.2) is 30.9 Å². The van der Waals surface area contributed by atoms with Gasteiger partial charge >= 0.3 is 0 Å². The fourth-order valence-electron chi connectivity index (χ4n) is 3.94. The van der Waals surface area contributed by atoms with Crippen LogP contribution in [0.1, 0.15) is 121 Å². The van der Waals surface area contributed by atoms with Gasteiger partial charge in [-0.1, -0.05) is 96.5 Å². The number of hydrogen-bond donors (Lipinski definition) is 3. The Labute approximate surface area is 202 Å². The fraction of sp³-hybridized carbons (Fsp3) is 0.714. The summed E-state index contributed by atoms with van der Waals surface area (Å²) in [6, 6.07) is 7.13. The highest BCUT2D eigenvalue weighted by molar-refractivity contribution is 5.97. The van der Waals surface area contributed by atoms with Crippen molar-refractivity contribution in [1.82, 2.24) is 10.6 Å². The van der Waals surface area contributed by atoms with Crippen LogP contribution in [0.3, 0.4) is 0 Å². The number of benzene rings is 1. The van der Waals surface area contributed by atoms with Crippen molar-refractivity contribution < 1.29 is 9.59 Å². The molecule has 0 heterocycles. The van der Waals surface area contributed by atoms with Gasteiger partial charge in [0.1, 0.15) is 0 Å². The van der Waals surface area contributed by atoms with Gasteiger partial charge in [-0.05, 0) is 45.0 Å². The summed E-state index contributed by atoms with van der Waals surface area (Å²) in [5.41, 5.74) is 1.20. The van der Waals surface area contributed by atoms with E-state index >= 15 is 0 Å². The zero-order chi connectivity index (χ0) is 24.2. The van der Waals surface area contributed by atoms with Crippen molar-refractivity contribution in [2.24, 2.45) is 0 Å². The van der Waals surface area contributed by atoms with Gasteiger partial charge in [-0.3, -0.25) is 9.59 Å². The molecule has 0 aliphatic heterocycles. The third-order valence-corrected chi connectivity index (χ3v) is 5.82. The van der Waals surface area contributed by atoms with Crippen LogP contribution in [0.4, 0.5) is 5.69 Å². The van der Waals surface area contributed by atoms with Crippen LogP contribution < -0.4 is 16.0 Å². The molecule has 1 aromatic carbocycles. The number of rotatable bonds is 20. The van der Waals surface area contributed by atoms with Crippen LogP contribution in [0.15, 0.2) is 24.3 Å². The molecule has 0 aromatic heterocycles. The second kappa shape index (κ2) is 19.6. The predicted octanol–water partition coefficient (Wildman–Crippen LogP) is 6.83. The van der Waals surface area contributed by atoms with Crippen molar-refractivity contribution in [1.29, 1.82) is 0 Å². The topological polar surface area (TPSA) is 70.2 Å². The SMILES string of the molecule is CCCCCCCCCCCCCCCCNCC(=O)Nc1cccc(C(=O)NC(C)C)c1. The van der Waals surface area contributed by atoms with E-state index in [0.29, 0.717) is 17.8 Å². The molecule has 1 rings (SSSR count). The highest BCUT2D eigenvalue weighted by Crippen LogP contribution is 2.13. The molecule has 0 unspecified atom stereocenters. The number of unbranched alkanes of at least 4 members (excludes halogenated alkanes) is 13. The maximum atomic E-state index is 12.1. The molecule has 0 atom stereocenters. The van der Waals surface area contributed by atoms with E-state index in [1.807, 2.05) is 13.8 Å². The Hall–Kier alpha value is -1.88.